The monoisotopic (exact) mass is 376 g/mol. The van der Waals surface area contributed by atoms with Gasteiger partial charge >= 0.3 is 0 Å². The molecule has 5 heteroatoms. The lowest BCUT2D eigenvalue weighted by Crippen LogP contribution is -2.55. The van der Waals surface area contributed by atoms with Crippen molar-refractivity contribution in [3.8, 4) is 5.75 Å². The first-order valence-electron chi connectivity index (χ1n) is 9.64. The predicted molar refractivity (Wildman–Crippen MR) is 107 cm³/mol. The number of aliphatic hydroxyl groups excluding tert-OH is 1. The molecule has 0 saturated carbocycles. The van der Waals surface area contributed by atoms with E-state index in [4.69, 9.17) is 4.74 Å². The van der Waals surface area contributed by atoms with Crippen molar-refractivity contribution in [3.05, 3.63) is 36.0 Å². The van der Waals surface area contributed by atoms with Gasteiger partial charge in [-0.3, -0.25) is 9.88 Å². The third-order valence-corrected chi connectivity index (χ3v) is 6.20. The van der Waals surface area contributed by atoms with Crippen LogP contribution in [0.2, 0.25) is 0 Å². The first-order valence-corrected chi connectivity index (χ1v) is 9.64. The number of hydrogen-bond acceptors (Lipinski definition) is 4. The van der Waals surface area contributed by atoms with Gasteiger partial charge in [-0.05, 0) is 68.0 Å². The van der Waals surface area contributed by atoms with Gasteiger partial charge in [0.05, 0.1) is 18.2 Å². The van der Waals surface area contributed by atoms with Crippen LogP contribution in [0.1, 0.15) is 44.8 Å². The van der Waals surface area contributed by atoms with Crippen LogP contribution in [0.25, 0.3) is 10.9 Å². The second-order valence-corrected chi connectivity index (χ2v) is 7.47. The van der Waals surface area contributed by atoms with Gasteiger partial charge in [-0.25, -0.2) is 0 Å². The largest absolute Gasteiger partial charge is 0.494 e. The van der Waals surface area contributed by atoms with Crippen LogP contribution in [-0.2, 0) is 0 Å². The average Bonchev–Trinajstić information content (AvgIpc) is 2.67. The van der Waals surface area contributed by atoms with Crippen molar-refractivity contribution in [1.29, 1.82) is 0 Å². The molecule has 5 rings (SSSR count). The Hall–Kier alpha value is -1.36. The number of aliphatic hydroxyl groups is 1. The van der Waals surface area contributed by atoms with E-state index < -0.39 is 6.10 Å². The van der Waals surface area contributed by atoms with Gasteiger partial charge in [-0.1, -0.05) is 13.3 Å². The van der Waals surface area contributed by atoms with E-state index in [1.54, 1.807) is 0 Å². The molecule has 3 saturated heterocycles. The number of hydrogen-bond donors (Lipinski definition) is 1. The van der Waals surface area contributed by atoms with Gasteiger partial charge in [-0.2, -0.15) is 0 Å². The van der Waals surface area contributed by atoms with Gasteiger partial charge in [0, 0.05) is 24.2 Å². The van der Waals surface area contributed by atoms with Crippen molar-refractivity contribution < 1.29 is 9.84 Å². The summed E-state index contributed by atoms with van der Waals surface area (Å²) in [6.45, 7) is 7.18. The summed E-state index contributed by atoms with van der Waals surface area (Å²) >= 11 is 0. The summed E-state index contributed by atoms with van der Waals surface area (Å²) in [5, 5.41) is 12.2. The quantitative estimate of drug-likeness (QED) is 0.849. The first-order chi connectivity index (χ1) is 12.2. The molecule has 2 bridgehead atoms. The Bertz CT molecular complexity index is 754. The molecule has 142 valence electrons. The molecule has 3 fully saturated rings. The average molecular weight is 377 g/mol. The summed E-state index contributed by atoms with van der Waals surface area (Å²) in [5.74, 6) is 2.41. The predicted octanol–water partition coefficient (Wildman–Crippen LogP) is 4.21. The number of nitrogens with zero attached hydrogens (tertiary/aromatic N) is 2. The number of halogens is 1. The lowest BCUT2D eigenvalue weighted by molar-refractivity contribution is -0.0562. The molecule has 5 atom stereocenters. The second kappa shape index (κ2) is 8.12. The van der Waals surface area contributed by atoms with E-state index in [2.05, 4.69) is 16.8 Å². The summed E-state index contributed by atoms with van der Waals surface area (Å²) in [5.41, 5.74) is 1.90. The minimum atomic E-state index is -0.469. The second-order valence-electron chi connectivity index (χ2n) is 7.47. The summed E-state index contributed by atoms with van der Waals surface area (Å²) in [7, 11) is 0. The number of rotatable bonds is 5. The van der Waals surface area contributed by atoms with Crippen LogP contribution in [0.15, 0.2) is 30.5 Å². The van der Waals surface area contributed by atoms with Crippen LogP contribution in [0.4, 0.5) is 0 Å². The minimum absolute atomic E-state index is 0. The zero-order valence-electron chi connectivity index (χ0n) is 15.6. The van der Waals surface area contributed by atoms with E-state index in [1.165, 1.54) is 12.8 Å². The molecule has 1 aromatic carbocycles. The Morgan fingerprint density at radius 2 is 2.15 bits per heavy atom. The van der Waals surface area contributed by atoms with Crippen LogP contribution in [0.5, 0.6) is 5.75 Å². The summed E-state index contributed by atoms with van der Waals surface area (Å²) < 4.78 is 5.65. The maximum atomic E-state index is 11.2. The van der Waals surface area contributed by atoms with Gasteiger partial charge in [0.2, 0.25) is 0 Å². The molecular formula is C21H29ClN2O2. The van der Waals surface area contributed by atoms with Crippen LogP contribution < -0.4 is 4.74 Å². The normalized spacial score (nSPS) is 28.6. The van der Waals surface area contributed by atoms with Crippen LogP contribution in [-0.4, -0.2) is 40.7 Å². The van der Waals surface area contributed by atoms with E-state index in [-0.39, 0.29) is 18.4 Å². The fraction of sp³-hybridized carbons (Fsp3) is 0.571. The molecule has 0 amide bonds. The molecule has 1 unspecified atom stereocenters. The smallest absolute Gasteiger partial charge is 0.120 e. The Morgan fingerprint density at radius 1 is 1.31 bits per heavy atom. The first kappa shape index (κ1) is 19.4. The molecule has 4 nitrogen and oxygen atoms in total. The number of aromatic nitrogens is 1. The highest BCUT2D eigenvalue weighted by atomic mass is 35.5. The van der Waals surface area contributed by atoms with Crippen LogP contribution >= 0.6 is 12.4 Å². The molecule has 4 heterocycles. The van der Waals surface area contributed by atoms with Crippen LogP contribution in [0.3, 0.4) is 0 Å². The van der Waals surface area contributed by atoms with Gasteiger partial charge in [0.1, 0.15) is 5.75 Å². The van der Waals surface area contributed by atoms with Crippen molar-refractivity contribution in [3.63, 3.8) is 0 Å². The fourth-order valence-corrected chi connectivity index (χ4v) is 4.84. The topological polar surface area (TPSA) is 45.6 Å². The highest BCUT2D eigenvalue weighted by Gasteiger charge is 2.42. The van der Waals surface area contributed by atoms with Crippen LogP contribution in [0, 0.1) is 11.8 Å². The molecule has 0 aliphatic carbocycles. The number of ether oxygens (including phenoxy) is 1. The van der Waals surface area contributed by atoms with E-state index >= 15 is 0 Å². The lowest BCUT2D eigenvalue weighted by Gasteiger charge is -2.51. The molecule has 3 aliphatic rings. The number of fused-ring (bicyclic) bond motifs is 4. The van der Waals surface area contributed by atoms with Crippen molar-refractivity contribution >= 4 is 23.3 Å². The lowest BCUT2D eigenvalue weighted by atomic mass is 9.72. The van der Waals surface area contributed by atoms with Crippen molar-refractivity contribution in [2.45, 2.75) is 45.3 Å². The standard InChI is InChI=1S/C21H28N2O2.ClH/c1-3-14-13-23-10-8-15(14)11-20(23)21(24)17-7-9-22-19-6-5-16(25-4-2)12-18(17)19;/h5-7,9,12,14-15,20-21,24H,3-4,8,10-11,13H2,1-2H3;1H/t14-,15+,20+,21+;/m0./s1. The zero-order valence-corrected chi connectivity index (χ0v) is 16.4. The molecule has 2 aromatic rings. The number of piperidine rings is 3. The van der Waals surface area contributed by atoms with Gasteiger partial charge < -0.3 is 9.84 Å². The Kier molecular flexibility index (Phi) is 6.06. The molecule has 1 aromatic heterocycles. The Balaban J connectivity index is 0.00000196. The van der Waals surface area contributed by atoms with Gasteiger partial charge in [0.15, 0.2) is 0 Å². The number of benzene rings is 1. The van der Waals surface area contributed by atoms with E-state index in [1.807, 2.05) is 37.4 Å². The highest BCUT2D eigenvalue weighted by Crippen LogP contribution is 2.42. The summed E-state index contributed by atoms with van der Waals surface area (Å²) in [4.78, 5) is 6.98. The number of pyridine rings is 1. The maximum Gasteiger partial charge on any atom is 0.120 e. The Morgan fingerprint density at radius 3 is 2.85 bits per heavy atom. The zero-order chi connectivity index (χ0) is 17.4. The molecule has 3 aliphatic heterocycles. The maximum absolute atomic E-state index is 11.2. The SMILES string of the molecule is CCOc1ccc2nccc([C@@H](O)[C@H]3C[C@H]4CCN3C[C@@H]4CC)c2c1.Cl. The fourth-order valence-electron chi connectivity index (χ4n) is 4.84. The van der Waals surface area contributed by atoms with Gasteiger partial charge in [-0.15, -0.1) is 12.4 Å². The van der Waals surface area contributed by atoms with Crippen molar-refractivity contribution in [2.75, 3.05) is 19.7 Å². The minimum Gasteiger partial charge on any atom is -0.494 e. The highest BCUT2D eigenvalue weighted by molar-refractivity contribution is 5.85. The van der Waals surface area contributed by atoms with E-state index in [9.17, 15) is 5.11 Å². The van der Waals surface area contributed by atoms with E-state index in [0.717, 1.165) is 53.6 Å². The summed E-state index contributed by atoms with van der Waals surface area (Å²) in [6.07, 6.45) is 4.98. The molecule has 0 radical (unpaired) electrons. The van der Waals surface area contributed by atoms with Crippen molar-refractivity contribution in [1.82, 2.24) is 9.88 Å². The molecule has 1 N–H and O–H groups in total. The molecule has 26 heavy (non-hydrogen) atoms. The third kappa shape index (κ3) is 3.42. The molecule has 0 spiro atoms. The third-order valence-electron chi connectivity index (χ3n) is 6.20. The Labute approximate surface area is 162 Å². The molecular weight excluding hydrogens is 348 g/mol. The summed E-state index contributed by atoms with van der Waals surface area (Å²) in [6, 6.07) is 8.16. The van der Waals surface area contributed by atoms with Gasteiger partial charge in [0.25, 0.3) is 0 Å². The van der Waals surface area contributed by atoms with Crippen molar-refractivity contribution in [2.24, 2.45) is 11.8 Å². The van der Waals surface area contributed by atoms with E-state index in [0.29, 0.717) is 6.61 Å².